The summed E-state index contributed by atoms with van der Waals surface area (Å²) in [5, 5.41) is 11.3. The van der Waals surface area contributed by atoms with Crippen LogP contribution in [-0.4, -0.2) is 44.7 Å². The van der Waals surface area contributed by atoms with Crippen molar-refractivity contribution in [1.29, 1.82) is 0 Å². The third-order valence-corrected chi connectivity index (χ3v) is 7.82. The molecular weight excluding hydrogens is 484 g/mol. The number of anilines is 1. The zero-order valence-corrected chi connectivity index (χ0v) is 21.7. The van der Waals surface area contributed by atoms with Crippen molar-refractivity contribution >= 4 is 15.7 Å². The van der Waals surface area contributed by atoms with Crippen molar-refractivity contribution in [3.05, 3.63) is 126 Å². The fourth-order valence-corrected chi connectivity index (χ4v) is 5.83. The molecule has 0 heterocycles. The van der Waals surface area contributed by atoms with Crippen LogP contribution in [0.1, 0.15) is 11.1 Å². The van der Waals surface area contributed by atoms with Gasteiger partial charge in [-0.2, -0.15) is 0 Å². The molecule has 0 bridgehead atoms. The molecule has 0 saturated heterocycles. The number of aliphatic hydroxyl groups excluding tert-OH is 1. The Morgan fingerprint density at radius 2 is 1.19 bits per heavy atom. The van der Waals surface area contributed by atoms with Gasteiger partial charge in [0.25, 0.3) is 10.0 Å². The second-order valence-corrected chi connectivity index (χ2v) is 10.7. The van der Waals surface area contributed by atoms with Crippen LogP contribution in [0.3, 0.4) is 0 Å². The van der Waals surface area contributed by atoms with Crippen LogP contribution >= 0.6 is 0 Å². The Bertz CT molecular complexity index is 1310. The van der Waals surface area contributed by atoms with E-state index in [1.807, 2.05) is 60.7 Å². The molecule has 0 saturated carbocycles. The number of para-hydroxylation sites is 2. The van der Waals surface area contributed by atoms with Crippen LogP contribution in [0.5, 0.6) is 5.75 Å². The number of rotatable bonds is 12. The van der Waals surface area contributed by atoms with Crippen LogP contribution in [0.2, 0.25) is 0 Å². The van der Waals surface area contributed by atoms with Gasteiger partial charge in [-0.3, -0.25) is 9.21 Å². The van der Waals surface area contributed by atoms with E-state index in [1.54, 1.807) is 54.6 Å². The number of methoxy groups -OCH3 is 1. The van der Waals surface area contributed by atoms with Gasteiger partial charge >= 0.3 is 0 Å². The van der Waals surface area contributed by atoms with E-state index in [4.69, 9.17) is 4.74 Å². The third kappa shape index (κ3) is 6.98. The van der Waals surface area contributed by atoms with Crippen LogP contribution in [0.15, 0.2) is 120 Å². The molecular formula is C30H32N2O4S. The van der Waals surface area contributed by atoms with Gasteiger partial charge in [-0.15, -0.1) is 0 Å². The Morgan fingerprint density at radius 1 is 0.703 bits per heavy atom. The molecule has 1 N–H and O–H groups in total. The van der Waals surface area contributed by atoms with E-state index < -0.39 is 16.1 Å². The Balaban J connectivity index is 1.62. The van der Waals surface area contributed by atoms with Crippen LogP contribution in [0.25, 0.3) is 0 Å². The number of hydrogen-bond donors (Lipinski definition) is 1. The zero-order chi connectivity index (χ0) is 26.1. The first-order valence-corrected chi connectivity index (χ1v) is 13.6. The number of benzene rings is 4. The number of nitrogens with zero attached hydrogens (tertiary/aromatic N) is 2. The van der Waals surface area contributed by atoms with Gasteiger partial charge < -0.3 is 9.84 Å². The summed E-state index contributed by atoms with van der Waals surface area (Å²) < 4.78 is 34.2. The van der Waals surface area contributed by atoms with Crippen LogP contribution in [0.4, 0.5) is 5.69 Å². The predicted molar refractivity (Wildman–Crippen MR) is 147 cm³/mol. The maximum Gasteiger partial charge on any atom is 0.264 e. The summed E-state index contributed by atoms with van der Waals surface area (Å²) in [6.07, 6.45) is -0.962. The first-order chi connectivity index (χ1) is 18.0. The van der Waals surface area contributed by atoms with Crippen molar-refractivity contribution in [2.45, 2.75) is 24.1 Å². The lowest BCUT2D eigenvalue weighted by Crippen LogP contribution is -2.42. The first-order valence-electron chi connectivity index (χ1n) is 12.2. The van der Waals surface area contributed by atoms with Gasteiger partial charge in [0.05, 0.1) is 30.3 Å². The van der Waals surface area contributed by atoms with Gasteiger partial charge in [-0.1, -0.05) is 91.0 Å². The van der Waals surface area contributed by atoms with E-state index in [2.05, 4.69) is 4.90 Å². The number of aliphatic hydroxyl groups is 1. The van der Waals surface area contributed by atoms with Gasteiger partial charge in [0.1, 0.15) is 5.75 Å². The van der Waals surface area contributed by atoms with Gasteiger partial charge in [0.15, 0.2) is 0 Å². The van der Waals surface area contributed by atoms with Gasteiger partial charge in [-0.05, 0) is 35.4 Å². The summed E-state index contributed by atoms with van der Waals surface area (Å²) in [5.41, 5.74) is 2.61. The van der Waals surface area contributed by atoms with E-state index in [-0.39, 0.29) is 18.0 Å². The van der Waals surface area contributed by atoms with Crippen molar-refractivity contribution < 1.29 is 18.3 Å². The SMILES string of the molecule is COc1ccccc1N(C[C@@H](O)CN(Cc1ccccc1)Cc1ccccc1)S(=O)(=O)c1ccccc1. The van der Waals surface area contributed by atoms with Crippen molar-refractivity contribution in [2.24, 2.45) is 0 Å². The standard InChI is InChI=1S/C30H32N2O4S/c1-36-30-20-12-11-19-29(30)32(37(34,35)28-17-9-4-10-18-28)24-27(33)23-31(21-25-13-5-2-6-14-25)22-26-15-7-3-8-16-26/h2-20,27,33H,21-24H2,1H3/t27-/m0/s1. The van der Waals surface area contributed by atoms with Crippen LogP contribution in [0, 0.1) is 0 Å². The molecule has 192 valence electrons. The van der Waals surface area contributed by atoms with E-state index in [0.717, 1.165) is 11.1 Å². The molecule has 0 aliphatic carbocycles. The van der Waals surface area contributed by atoms with Crippen molar-refractivity contribution in [3.63, 3.8) is 0 Å². The molecule has 4 aromatic rings. The molecule has 1 atom stereocenters. The highest BCUT2D eigenvalue weighted by atomic mass is 32.2. The third-order valence-electron chi connectivity index (χ3n) is 6.03. The Kier molecular flexibility index (Phi) is 8.95. The molecule has 4 rings (SSSR count). The lowest BCUT2D eigenvalue weighted by atomic mass is 10.1. The molecule has 0 unspecified atom stereocenters. The molecule has 0 fully saturated rings. The van der Waals surface area contributed by atoms with E-state index in [1.165, 1.54) is 11.4 Å². The molecule has 0 aliphatic heterocycles. The first kappa shape index (κ1) is 26.4. The number of hydrogen-bond acceptors (Lipinski definition) is 5. The maximum absolute atomic E-state index is 13.7. The molecule has 4 aromatic carbocycles. The monoisotopic (exact) mass is 516 g/mol. The van der Waals surface area contributed by atoms with E-state index in [9.17, 15) is 13.5 Å². The Hall–Kier alpha value is -3.65. The Morgan fingerprint density at radius 3 is 1.73 bits per heavy atom. The fourth-order valence-electron chi connectivity index (χ4n) is 4.30. The summed E-state index contributed by atoms with van der Waals surface area (Å²) in [7, 11) is -2.46. The molecule has 0 aromatic heterocycles. The molecule has 0 aliphatic rings. The van der Waals surface area contributed by atoms with Crippen molar-refractivity contribution in [1.82, 2.24) is 4.90 Å². The van der Waals surface area contributed by atoms with Gasteiger partial charge in [-0.25, -0.2) is 8.42 Å². The largest absolute Gasteiger partial charge is 0.495 e. The second-order valence-electron chi connectivity index (χ2n) is 8.82. The molecule has 7 heteroatoms. The maximum atomic E-state index is 13.7. The predicted octanol–water partition coefficient (Wildman–Crippen LogP) is 4.95. The lowest BCUT2D eigenvalue weighted by Gasteiger charge is -2.31. The zero-order valence-electron chi connectivity index (χ0n) is 20.9. The fraction of sp³-hybridized carbons (Fsp3) is 0.200. The smallest absolute Gasteiger partial charge is 0.264 e. The highest BCUT2D eigenvalue weighted by Crippen LogP contribution is 2.32. The quantitative estimate of drug-likeness (QED) is 0.288. The molecule has 0 amide bonds. The van der Waals surface area contributed by atoms with Crippen LogP contribution < -0.4 is 9.04 Å². The lowest BCUT2D eigenvalue weighted by molar-refractivity contribution is 0.111. The van der Waals surface area contributed by atoms with E-state index in [0.29, 0.717) is 24.5 Å². The van der Waals surface area contributed by atoms with E-state index >= 15 is 0 Å². The molecule has 0 radical (unpaired) electrons. The summed E-state index contributed by atoms with van der Waals surface area (Å²) in [4.78, 5) is 2.28. The summed E-state index contributed by atoms with van der Waals surface area (Å²) in [5.74, 6) is 0.416. The van der Waals surface area contributed by atoms with Crippen LogP contribution in [-0.2, 0) is 23.1 Å². The minimum atomic E-state index is -3.96. The van der Waals surface area contributed by atoms with Crippen molar-refractivity contribution in [2.75, 3.05) is 24.5 Å². The number of ether oxygens (including phenoxy) is 1. The van der Waals surface area contributed by atoms with Gasteiger partial charge in [0, 0.05) is 19.6 Å². The molecule has 0 spiro atoms. The average molecular weight is 517 g/mol. The summed E-state index contributed by atoms with van der Waals surface area (Å²) >= 11 is 0. The minimum absolute atomic E-state index is 0.127. The number of sulfonamides is 1. The highest BCUT2D eigenvalue weighted by Gasteiger charge is 2.29. The second kappa shape index (κ2) is 12.5. The summed E-state index contributed by atoms with van der Waals surface area (Å²) in [6.45, 7) is 1.39. The summed E-state index contributed by atoms with van der Waals surface area (Å²) in [6, 6.07) is 35.3. The topological polar surface area (TPSA) is 70.1 Å². The molecule has 37 heavy (non-hydrogen) atoms. The van der Waals surface area contributed by atoms with Gasteiger partial charge in [0.2, 0.25) is 0 Å². The molecule has 6 nitrogen and oxygen atoms in total. The highest BCUT2D eigenvalue weighted by molar-refractivity contribution is 7.92. The average Bonchev–Trinajstić information content (AvgIpc) is 2.93. The Labute approximate surface area is 219 Å². The minimum Gasteiger partial charge on any atom is -0.495 e. The van der Waals surface area contributed by atoms with Crippen molar-refractivity contribution in [3.8, 4) is 5.75 Å². The normalized spacial score (nSPS) is 12.3.